The van der Waals surface area contributed by atoms with E-state index < -0.39 is 0 Å². The van der Waals surface area contributed by atoms with Crippen LogP contribution in [0.15, 0.2) is 48.8 Å². The van der Waals surface area contributed by atoms with Gasteiger partial charge >= 0.3 is 0 Å². The van der Waals surface area contributed by atoms with Crippen LogP contribution in [0.2, 0.25) is 0 Å². The Kier molecular flexibility index (Phi) is 7.82. The number of carbonyl (C=O) groups is 1. The molecular weight excluding hydrogens is 464 g/mol. The SMILES string of the molecule is CCOc1ccc(-n2ncc(C(=O)Cc3cnc(C4=CCC(N5CCOCC5)CC4)c(C)c3)c2C)cc1. The van der Waals surface area contributed by atoms with Gasteiger partial charge in [-0.3, -0.25) is 14.7 Å². The molecule has 0 radical (unpaired) electrons. The van der Waals surface area contributed by atoms with E-state index in [1.54, 1.807) is 10.9 Å². The minimum Gasteiger partial charge on any atom is -0.494 e. The first kappa shape index (κ1) is 25.4. The van der Waals surface area contributed by atoms with Gasteiger partial charge in [0.1, 0.15) is 5.75 Å². The Bertz CT molecular complexity index is 1270. The third-order valence-electron chi connectivity index (χ3n) is 7.45. The van der Waals surface area contributed by atoms with E-state index in [1.165, 1.54) is 5.57 Å². The molecule has 5 rings (SSSR count). The topological polar surface area (TPSA) is 69.5 Å². The number of ketones is 1. The number of Topliss-reactive ketones (excluding diaryl/α,β-unsaturated/α-hetero) is 1. The molecule has 1 unspecified atom stereocenters. The van der Waals surface area contributed by atoms with Gasteiger partial charge in [-0.05, 0) is 81.0 Å². The lowest BCUT2D eigenvalue weighted by Gasteiger charge is -2.36. The normalized spacial score (nSPS) is 18.5. The first-order valence-electron chi connectivity index (χ1n) is 13.3. The van der Waals surface area contributed by atoms with Crippen LogP contribution in [0, 0.1) is 13.8 Å². The summed E-state index contributed by atoms with van der Waals surface area (Å²) in [6.07, 6.45) is 9.46. The quantitative estimate of drug-likeness (QED) is 0.407. The van der Waals surface area contributed by atoms with E-state index >= 15 is 0 Å². The van der Waals surface area contributed by atoms with Gasteiger partial charge in [-0.25, -0.2) is 4.68 Å². The molecule has 3 heterocycles. The summed E-state index contributed by atoms with van der Waals surface area (Å²) in [6.45, 7) is 10.4. The van der Waals surface area contributed by atoms with Gasteiger partial charge in [0.25, 0.3) is 0 Å². The molecule has 7 nitrogen and oxygen atoms in total. The predicted octanol–water partition coefficient (Wildman–Crippen LogP) is 4.98. The van der Waals surface area contributed by atoms with Crippen LogP contribution >= 0.6 is 0 Å². The lowest BCUT2D eigenvalue weighted by atomic mass is 9.90. The average Bonchev–Trinajstić information content (AvgIpc) is 3.31. The molecule has 0 spiro atoms. The number of carbonyl (C=O) groups excluding carboxylic acids is 1. The van der Waals surface area contributed by atoms with E-state index in [2.05, 4.69) is 29.1 Å². The highest BCUT2D eigenvalue weighted by molar-refractivity contribution is 5.98. The second kappa shape index (κ2) is 11.4. The molecule has 194 valence electrons. The Morgan fingerprint density at radius 3 is 2.59 bits per heavy atom. The molecule has 2 aromatic heterocycles. The number of ether oxygens (including phenoxy) is 2. The zero-order valence-electron chi connectivity index (χ0n) is 22.1. The molecule has 1 atom stereocenters. The number of rotatable bonds is 8. The van der Waals surface area contributed by atoms with Gasteiger partial charge in [0.05, 0.1) is 48.7 Å². The average molecular weight is 501 g/mol. The lowest BCUT2D eigenvalue weighted by Crippen LogP contribution is -2.43. The Morgan fingerprint density at radius 2 is 1.92 bits per heavy atom. The number of hydrogen-bond donors (Lipinski definition) is 0. The lowest BCUT2D eigenvalue weighted by molar-refractivity contribution is 0.0150. The van der Waals surface area contributed by atoms with Crippen molar-refractivity contribution in [3.63, 3.8) is 0 Å². The zero-order valence-corrected chi connectivity index (χ0v) is 22.1. The number of benzene rings is 1. The van der Waals surface area contributed by atoms with Crippen LogP contribution in [0.5, 0.6) is 5.75 Å². The second-order valence-electron chi connectivity index (χ2n) is 9.90. The maximum absolute atomic E-state index is 13.2. The van der Waals surface area contributed by atoms with Crippen LogP contribution in [-0.4, -0.2) is 64.4 Å². The fourth-order valence-electron chi connectivity index (χ4n) is 5.45. The highest BCUT2D eigenvalue weighted by atomic mass is 16.5. The summed E-state index contributed by atoms with van der Waals surface area (Å²) in [5.41, 5.74) is 6.82. The van der Waals surface area contributed by atoms with E-state index in [4.69, 9.17) is 14.5 Å². The van der Waals surface area contributed by atoms with Crippen LogP contribution < -0.4 is 4.74 Å². The maximum Gasteiger partial charge on any atom is 0.170 e. The van der Waals surface area contributed by atoms with Gasteiger partial charge in [0, 0.05) is 31.7 Å². The number of hydrogen-bond acceptors (Lipinski definition) is 6. The molecule has 37 heavy (non-hydrogen) atoms. The van der Waals surface area contributed by atoms with Crippen LogP contribution in [-0.2, 0) is 11.2 Å². The van der Waals surface area contributed by atoms with Crippen LogP contribution in [0.1, 0.15) is 59.1 Å². The van der Waals surface area contributed by atoms with Crippen molar-refractivity contribution in [3.05, 3.63) is 76.9 Å². The molecule has 2 aliphatic rings. The highest BCUT2D eigenvalue weighted by Crippen LogP contribution is 2.30. The summed E-state index contributed by atoms with van der Waals surface area (Å²) >= 11 is 0. The molecular formula is C30H36N4O3. The minimum absolute atomic E-state index is 0.0499. The second-order valence-corrected chi connectivity index (χ2v) is 9.90. The van der Waals surface area contributed by atoms with Gasteiger partial charge in [-0.1, -0.05) is 12.1 Å². The molecule has 0 N–H and O–H groups in total. The third-order valence-corrected chi connectivity index (χ3v) is 7.45. The van der Waals surface area contributed by atoms with Crippen LogP contribution in [0.3, 0.4) is 0 Å². The molecule has 7 heteroatoms. The molecule has 1 fully saturated rings. The number of pyridine rings is 1. The van der Waals surface area contributed by atoms with Crippen molar-refractivity contribution in [2.24, 2.45) is 0 Å². The standard InChI is InChI=1S/C30H36N4O3/c1-4-37-27-11-9-26(10-12-27)34-22(3)28(20-32-34)29(35)18-23-17-21(2)30(31-19-23)24-5-7-25(8-6-24)33-13-15-36-16-14-33/h5,9-12,17,19-20,25H,4,6-8,13-16,18H2,1-3H3. The molecule has 0 amide bonds. The summed E-state index contributed by atoms with van der Waals surface area (Å²) in [6, 6.07) is 10.5. The number of aromatic nitrogens is 3. The Morgan fingerprint density at radius 1 is 1.14 bits per heavy atom. The fraction of sp³-hybridized carbons (Fsp3) is 0.433. The first-order valence-corrected chi connectivity index (χ1v) is 13.3. The van der Waals surface area contributed by atoms with E-state index in [0.29, 0.717) is 24.6 Å². The van der Waals surface area contributed by atoms with Crippen molar-refractivity contribution in [2.75, 3.05) is 32.9 Å². The van der Waals surface area contributed by atoms with E-state index in [9.17, 15) is 4.79 Å². The maximum atomic E-state index is 13.2. The number of morpholine rings is 1. The van der Waals surface area contributed by atoms with Crippen molar-refractivity contribution < 1.29 is 14.3 Å². The summed E-state index contributed by atoms with van der Waals surface area (Å²) in [7, 11) is 0. The first-order chi connectivity index (χ1) is 18.0. The summed E-state index contributed by atoms with van der Waals surface area (Å²) in [5.74, 6) is 0.869. The molecule has 0 bridgehead atoms. The Balaban J connectivity index is 1.24. The van der Waals surface area contributed by atoms with Crippen molar-refractivity contribution >= 4 is 11.4 Å². The molecule has 1 saturated heterocycles. The van der Waals surface area contributed by atoms with Crippen LogP contribution in [0.4, 0.5) is 0 Å². The van der Waals surface area contributed by atoms with Crippen molar-refractivity contribution in [1.29, 1.82) is 0 Å². The van der Waals surface area contributed by atoms with Gasteiger partial charge in [0.2, 0.25) is 0 Å². The summed E-state index contributed by atoms with van der Waals surface area (Å²) in [5, 5.41) is 4.48. The molecule has 1 aliphatic heterocycles. The predicted molar refractivity (Wildman–Crippen MR) is 144 cm³/mol. The zero-order chi connectivity index (χ0) is 25.8. The number of nitrogens with zero attached hydrogens (tertiary/aromatic N) is 4. The van der Waals surface area contributed by atoms with E-state index in [-0.39, 0.29) is 5.78 Å². The summed E-state index contributed by atoms with van der Waals surface area (Å²) < 4.78 is 12.8. The monoisotopic (exact) mass is 500 g/mol. The molecule has 1 aromatic carbocycles. The van der Waals surface area contributed by atoms with Gasteiger partial charge < -0.3 is 9.47 Å². The smallest absolute Gasteiger partial charge is 0.170 e. The minimum atomic E-state index is 0.0499. The Hall–Kier alpha value is -3.29. The van der Waals surface area contributed by atoms with Crippen LogP contribution in [0.25, 0.3) is 11.3 Å². The number of aryl methyl sites for hydroxylation is 1. The van der Waals surface area contributed by atoms with Crippen molar-refractivity contribution in [1.82, 2.24) is 19.7 Å². The van der Waals surface area contributed by atoms with Gasteiger partial charge in [0.15, 0.2) is 5.78 Å². The third kappa shape index (κ3) is 5.68. The van der Waals surface area contributed by atoms with Gasteiger partial charge in [-0.15, -0.1) is 0 Å². The summed E-state index contributed by atoms with van der Waals surface area (Å²) in [4.78, 5) is 20.5. The van der Waals surface area contributed by atoms with E-state index in [0.717, 1.165) is 79.5 Å². The number of allylic oxidation sites excluding steroid dienone is 1. The molecule has 0 saturated carbocycles. The van der Waals surface area contributed by atoms with Gasteiger partial charge in [-0.2, -0.15) is 5.10 Å². The molecule has 3 aromatic rings. The van der Waals surface area contributed by atoms with Crippen molar-refractivity contribution in [3.8, 4) is 11.4 Å². The Labute approximate surface area is 219 Å². The molecule has 1 aliphatic carbocycles. The highest BCUT2D eigenvalue weighted by Gasteiger charge is 2.24. The largest absolute Gasteiger partial charge is 0.494 e. The fourth-order valence-corrected chi connectivity index (χ4v) is 5.45. The van der Waals surface area contributed by atoms with E-state index in [1.807, 2.05) is 44.3 Å². The van der Waals surface area contributed by atoms with Crippen molar-refractivity contribution in [2.45, 2.75) is 52.5 Å².